The van der Waals surface area contributed by atoms with E-state index in [1.807, 2.05) is 0 Å². The molecule has 1 aromatic carbocycles. The fraction of sp³-hybridized carbons (Fsp3) is 0.647. The topological polar surface area (TPSA) is 12.0 Å². The van der Waals surface area contributed by atoms with Crippen LogP contribution in [0.5, 0.6) is 0 Å². The summed E-state index contributed by atoms with van der Waals surface area (Å²) in [6, 6.07) is 7.63. The third kappa shape index (κ3) is 2.47. The van der Waals surface area contributed by atoms with Gasteiger partial charge in [-0.1, -0.05) is 50.1 Å². The van der Waals surface area contributed by atoms with Crippen LogP contribution < -0.4 is 5.32 Å². The average molecular weight is 245 g/mol. The first-order valence-electron chi connectivity index (χ1n) is 7.26. The molecule has 100 valence electrons. The molecule has 0 radical (unpaired) electrons. The third-order valence-electron chi connectivity index (χ3n) is 4.59. The zero-order chi connectivity index (χ0) is 13.3. The number of rotatable bonds is 4. The number of nitrogens with one attached hydrogen (secondary N) is 1. The van der Waals surface area contributed by atoms with E-state index >= 15 is 0 Å². The summed E-state index contributed by atoms with van der Waals surface area (Å²) >= 11 is 0. The maximum Gasteiger partial charge on any atom is 0.0104 e. The molecule has 1 saturated carbocycles. The van der Waals surface area contributed by atoms with E-state index in [0.29, 0.717) is 11.5 Å². The van der Waals surface area contributed by atoms with Gasteiger partial charge in [-0.25, -0.2) is 0 Å². The maximum atomic E-state index is 3.66. The van der Waals surface area contributed by atoms with Gasteiger partial charge in [-0.3, -0.25) is 0 Å². The van der Waals surface area contributed by atoms with Gasteiger partial charge in [0.2, 0.25) is 0 Å². The number of hydrogen-bond acceptors (Lipinski definition) is 1. The number of aryl methyl sites for hydroxylation is 2. The molecule has 1 heteroatoms. The molecule has 1 aliphatic rings. The number of benzene rings is 1. The molecule has 0 saturated heterocycles. The Morgan fingerprint density at radius 1 is 1.22 bits per heavy atom. The first-order valence-corrected chi connectivity index (χ1v) is 7.26. The van der Waals surface area contributed by atoms with Gasteiger partial charge in [0.05, 0.1) is 0 Å². The SMILES string of the molecule is Cc1cc(C)cc(C2(CNC(C)C)CCC2C)c1. The summed E-state index contributed by atoms with van der Waals surface area (Å²) in [7, 11) is 0. The Labute approximate surface area is 112 Å². The van der Waals surface area contributed by atoms with Crippen LogP contribution in [0.15, 0.2) is 18.2 Å². The first-order chi connectivity index (χ1) is 8.44. The van der Waals surface area contributed by atoms with Gasteiger partial charge in [0.25, 0.3) is 0 Å². The Morgan fingerprint density at radius 3 is 2.22 bits per heavy atom. The van der Waals surface area contributed by atoms with E-state index in [2.05, 4.69) is 58.1 Å². The van der Waals surface area contributed by atoms with Crippen molar-refractivity contribution < 1.29 is 0 Å². The lowest BCUT2D eigenvalue weighted by Gasteiger charge is -2.49. The maximum absolute atomic E-state index is 3.66. The second-order valence-corrected chi connectivity index (χ2v) is 6.51. The minimum Gasteiger partial charge on any atom is -0.314 e. The Morgan fingerprint density at radius 2 is 1.83 bits per heavy atom. The van der Waals surface area contributed by atoms with Gasteiger partial charge in [0.15, 0.2) is 0 Å². The van der Waals surface area contributed by atoms with E-state index in [9.17, 15) is 0 Å². The van der Waals surface area contributed by atoms with Crippen molar-refractivity contribution in [3.63, 3.8) is 0 Å². The van der Waals surface area contributed by atoms with Gasteiger partial charge in [0.1, 0.15) is 0 Å². The highest BCUT2D eigenvalue weighted by Crippen LogP contribution is 2.48. The lowest BCUT2D eigenvalue weighted by molar-refractivity contribution is 0.131. The van der Waals surface area contributed by atoms with E-state index in [-0.39, 0.29) is 0 Å². The van der Waals surface area contributed by atoms with Gasteiger partial charge >= 0.3 is 0 Å². The van der Waals surface area contributed by atoms with Crippen LogP contribution in [0.2, 0.25) is 0 Å². The predicted molar refractivity (Wildman–Crippen MR) is 79.1 cm³/mol. The van der Waals surface area contributed by atoms with Gasteiger partial charge in [-0.05, 0) is 38.2 Å². The molecule has 0 bridgehead atoms. The molecule has 2 rings (SSSR count). The summed E-state index contributed by atoms with van der Waals surface area (Å²) in [4.78, 5) is 0. The quantitative estimate of drug-likeness (QED) is 0.846. The Balaban J connectivity index is 2.29. The molecule has 18 heavy (non-hydrogen) atoms. The first kappa shape index (κ1) is 13.6. The molecular weight excluding hydrogens is 218 g/mol. The lowest BCUT2D eigenvalue weighted by Crippen LogP contribution is -2.51. The molecule has 2 atom stereocenters. The van der Waals surface area contributed by atoms with Crippen LogP contribution in [0.25, 0.3) is 0 Å². The van der Waals surface area contributed by atoms with Crippen molar-refractivity contribution in [2.75, 3.05) is 6.54 Å². The molecular formula is C17H27N. The van der Waals surface area contributed by atoms with Crippen molar-refractivity contribution in [2.45, 2.75) is 58.9 Å². The van der Waals surface area contributed by atoms with Crippen molar-refractivity contribution in [3.8, 4) is 0 Å². The van der Waals surface area contributed by atoms with Gasteiger partial charge < -0.3 is 5.32 Å². The zero-order valence-electron chi connectivity index (χ0n) is 12.5. The summed E-state index contributed by atoms with van der Waals surface area (Å²) in [5.74, 6) is 0.796. The van der Waals surface area contributed by atoms with Gasteiger partial charge in [-0.15, -0.1) is 0 Å². The zero-order valence-corrected chi connectivity index (χ0v) is 12.5. The molecule has 1 aliphatic carbocycles. The van der Waals surface area contributed by atoms with Crippen molar-refractivity contribution in [3.05, 3.63) is 34.9 Å². The Kier molecular flexibility index (Phi) is 3.82. The van der Waals surface area contributed by atoms with Crippen molar-refractivity contribution in [1.29, 1.82) is 0 Å². The summed E-state index contributed by atoms with van der Waals surface area (Å²) in [5.41, 5.74) is 4.72. The monoisotopic (exact) mass is 245 g/mol. The predicted octanol–water partition coefficient (Wildman–Crippen LogP) is 3.97. The third-order valence-corrected chi connectivity index (χ3v) is 4.59. The van der Waals surface area contributed by atoms with E-state index in [1.54, 1.807) is 5.56 Å². The van der Waals surface area contributed by atoms with Crippen molar-refractivity contribution in [1.82, 2.24) is 5.32 Å². The molecule has 0 aromatic heterocycles. The molecule has 0 heterocycles. The van der Waals surface area contributed by atoms with Crippen LogP contribution in [-0.4, -0.2) is 12.6 Å². The van der Waals surface area contributed by atoms with E-state index < -0.39 is 0 Å². The highest BCUT2D eigenvalue weighted by molar-refractivity contribution is 5.37. The molecule has 1 aromatic rings. The van der Waals surface area contributed by atoms with Crippen molar-refractivity contribution >= 4 is 0 Å². The summed E-state index contributed by atoms with van der Waals surface area (Å²) < 4.78 is 0. The second-order valence-electron chi connectivity index (χ2n) is 6.51. The molecule has 0 aliphatic heterocycles. The number of hydrogen-bond donors (Lipinski definition) is 1. The second kappa shape index (κ2) is 5.05. The minimum atomic E-state index is 0.376. The summed E-state index contributed by atoms with van der Waals surface area (Å²) in [6.45, 7) is 12.4. The lowest BCUT2D eigenvalue weighted by atomic mass is 9.57. The van der Waals surface area contributed by atoms with Crippen LogP contribution in [0.3, 0.4) is 0 Å². The van der Waals surface area contributed by atoms with Crippen LogP contribution in [0.4, 0.5) is 0 Å². The van der Waals surface area contributed by atoms with Crippen LogP contribution >= 0.6 is 0 Å². The summed E-state index contributed by atoms with van der Waals surface area (Å²) in [5, 5.41) is 3.66. The fourth-order valence-electron chi connectivity index (χ4n) is 3.22. The minimum absolute atomic E-state index is 0.376. The van der Waals surface area contributed by atoms with E-state index in [4.69, 9.17) is 0 Å². The smallest absolute Gasteiger partial charge is 0.0104 e. The normalized spacial score (nSPS) is 27.3. The van der Waals surface area contributed by atoms with Crippen LogP contribution in [0, 0.1) is 19.8 Å². The molecule has 0 spiro atoms. The van der Waals surface area contributed by atoms with Crippen LogP contribution in [0.1, 0.15) is 50.3 Å². The molecule has 1 nitrogen and oxygen atoms in total. The molecule has 2 unspecified atom stereocenters. The van der Waals surface area contributed by atoms with E-state index in [1.165, 1.54) is 24.0 Å². The van der Waals surface area contributed by atoms with E-state index in [0.717, 1.165) is 12.5 Å². The van der Waals surface area contributed by atoms with Gasteiger partial charge in [-0.2, -0.15) is 0 Å². The van der Waals surface area contributed by atoms with Gasteiger partial charge in [0, 0.05) is 18.0 Å². The largest absolute Gasteiger partial charge is 0.314 e. The molecule has 1 fully saturated rings. The molecule has 0 amide bonds. The highest BCUT2D eigenvalue weighted by atomic mass is 14.9. The Hall–Kier alpha value is -0.820. The molecule has 1 N–H and O–H groups in total. The highest BCUT2D eigenvalue weighted by Gasteiger charge is 2.45. The van der Waals surface area contributed by atoms with Crippen molar-refractivity contribution in [2.24, 2.45) is 5.92 Å². The fourth-order valence-corrected chi connectivity index (χ4v) is 3.22. The summed E-state index contributed by atoms with van der Waals surface area (Å²) in [6.07, 6.45) is 2.70. The standard InChI is InChI=1S/C17H27N/c1-12(2)18-11-17(7-6-15(17)5)16-9-13(3)8-14(4)10-16/h8-10,12,15,18H,6-7,11H2,1-5H3. The average Bonchev–Trinajstić information content (AvgIpc) is 2.26. The Bertz CT molecular complexity index is 401. The van der Waals surface area contributed by atoms with Crippen LogP contribution in [-0.2, 0) is 5.41 Å².